The second kappa shape index (κ2) is 7.33. The van der Waals surface area contributed by atoms with E-state index >= 15 is 0 Å². The first-order valence-electron chi connectivity index (χ1n) is 12.3. The second-order valence-corrected chi connectivity index (χ2v) is 11.7. The molecule has 0 spiro atoms. The third-order valence-corrected chi connectivity index (χ3v) is 9.21. The summed E-state index contributed by atoms with van der Waals surface area (Å²) in [5.74, 6) is 1.10. The van der Waals surface area contributed by atoms with Crippen LogP contribution in [0.2, 0.25) is 0 Å². The minimum atomic E-state index is -0.362. The summed E-state index contributed by atoms with van der Waals surface area (Å²) in [6, 6.07) is 19.7. The Labute approximate surface area is 209 Å². The standard InChI is InChI=1S/C30H27BO3S/c1-29(2)30(3,4)34-31(33-29)18-15-16-26-24(17-18)23-13-8-12-22(28(23)35-26)21-11-7-10-20-19-9-5-6-14-25(19)32-27(20)21/h5,7-13,15-17H,6,14H2,1-4H3. The van der Waals surface area contributed by atoms with Crippen molar-refractivity contribution in [1.82, 2.24) is 0 Å². The van der Waals surface area contributed by atoms with E-state index in [9.17, 15) is 0 Å². The Kier molecular flexibility index (Phi) is 4.49. The van der Waals surface area contributed by atoms with E-state index in [-0.39, 0.29) is 18.3 Å². The fourth-order valence-electron chi connectivity index (χ4n) is 5.34. The van der Waals surface area contributed by atoms with Crippen LogP contribution in [0, 0.1) is 0 Å². The average Bonchev–Trinajstić information content (AvgIpc) is 3.47. The minimum absolute atomic E-state index is 0.355. The number of aryl methyl sites for hydroxylation is 1. The summed E-state index contributed by atoms with van der Waals surface area (Å²) in [6.45, 7) is 8.39. The summed E-state index contributed by atoms with van der Waals surface area (Å²) in [7, 11) is -0.362. The SMILES string of the molecule is CC1(C)OB(c2ccc3sc4c(-c5cccc6c7c(oc56)CCC=C7)cccc4c3c2)OC1(C)C. The zero-order valence-electron chi connectivity index (χ0n) is 20.5. The molecule has 5 aromatic rings. The number of furan rings is 1. The van der Waals surface area contributed by atoms with Crippen molar-refractivity contribution in [3.05, 3.63) is 72.0 Å². The molecule has 1 aliphatic heterocycles. The normalized spacial score (nSPS) is 18.7. The minimum Gasteiger partial charge on any atom is -0.460 e. The molecular weight excluding hydrogens is 451 g/mol. The summed E-state index contributed by atoms with van der Waals surface area (Å²) >= 11 is 1.84. The topological polar surface area (TPSA) is 31.6 Å². The van der Waals surface area contributed by atoms with Gasteiger partial charge in [0.1, 0.15) is 11.3 Å². The smallest absolute Gasteiger partial charge is 0.460 e. The van der Waals surface area contributed by atoms with Gasteiger partial charge in [0.15, 0.2) is 0 Å². The Bertz CT molecular complexity index is 1650. The van der Waals surface area contributed by atoms with Crippen molar-refractivity contribution in [2.24, 2.45) is 0 Å². The maximum Gasteiger partial charge on any atom is 0.494 e. The zero-order valence-corrected chi connectivity index (χ0v) is 21.3. The molecule has 3 heterocycles. The Balaban J connectivity index is 1.39. The molecule has 1 aliphatic carbocycles. The molecule has 1 saturated heterocycles. The van der Waals surface area contributed by atoms with Crippen molar-refractivity contribution in [1.29, 1.82) is 0 Å². The van der Waals surface area contributed by atoms with E-state index in [1.54, 1.807) is 0 Å². The highest BCUT2D eigenvalue weighted by Gasteiger charge is 2.51. The van der Waals surface area contributed by atoms with Gasteiger partial charge in [-0.2, -0.15) is 0 Å². The van der Waals surface area contributed by atoms with Crippen LogP contribution in [0.15, 0.2) is 65.1 Å². The molecule has 35 heavy (non-hydrogen) atoms. The predicted molar refractivity (Wildman–Crippen MR) is 148 cm³/mol. The maximum atomic E-state index is 6.44. The van der Waals surface area contributed by atoms with Crippen molar-refractivity contribution in [2.75, 3.05) is 0 Å². The first kappa shape index (κ1) is 21.4. The third kappa shape index (κ3) is 3.12. The molecule has 3 aromatic carbocycles. The van der Waals surface area contributed by atoms with Crippen LogP contribution < -0.4 is 5.46 Å². The van der Waals surface area contributed by atoms with Gasteiger partial charge in [-0.15, -0.1) is 11.3 Å². The van der Waals surface area contributed by atoms with Crippen LogP contribution in [0.25, 0.3) is 48.3 Å². The molecule has 2 aliphatic rings. The van der Waals surface area contributed by atoms with E-state index in [0.717, 1.165) is 35.2 Å². The van der Waals surface area contributed by atoms with Gasteiger partial charge >= 0.3 is 7.12 Å². The van der Waals surface area contributed by atoms with Crippen molar-refractivity contribution in [3.63, 3.8) is 0 Å². The highest BCUT2D eigenvalue weighted by molar-refractivity contribution is 7.26. The molecule has 0 bridgehead atoms. The van der Waals surface area contributed by atoms with Crippen molar-refractivity contribution in [3.8, 4) is 11.1 Å². The summed E-state index contributed by atoms with van der Waals surface area (Å²) in [4.78, 5) is 0. The van der Waals surface area contributed by atoms with Gasteiger partial charge in [0.25, 0.3) is 0 Å². The third-order valence-electron chi connectivity index (χ3n) is 7.99. The van der Waals surface area contributed by atoms with E-state index in [1.165, 1.54) is 36.7 Å². The Morgan fingerprint density at radius 2 is 1.57 bits per heavy atom. The molecule has 0 radical (unpaired) electrons. The van der Waals surface area contributed by atoms with Crippen LogP contribution in [0.3, 0.4) is 0 Å². The lowest BCUT2D eigenvalue weighted by molar-refractivity contribution is 0.00578. The molecule has 7 rings (SSSR count). The van der Waals surface area contributed by atoms with Crippen LogP contribution in [0.4, 0.5) is 0 Å². The lowest BCUT2D eigenvalue weighted by Gasteiger charge is -2.32. The molecular formula is C30H27BO3S. The van der Waals surface area contributed by atoms with E-state index < -0.39 is 0 Å². The first-order valence-corrected chi connectivity index (χ1v) is 13.2. The molecule has 2 aromatic heterocycles. The molecule has 5 heteroatoms. The Morgan fingerprint density at radius 3 is 2.37 bits per heavy atom. The van der Waals surface area contributed by atoms with Crippen LogP contribution >= 0.6 is 11.3 Å². The summed E-state index contributed by atoms with van der Waals surface area (Å²) in [6.07, 6.45) is 6.47. The molecule has 3 nitrogen and oxygen atoms in total. The van der Waals surface area contributed by atoms with Gasteiger partial charge < -0.3 is 13.7 Å². The average molecular weight is 478 g/mol. The molecule has 0 saturated carbocycles. The van der Waals surface area contributed by atoms with Crippen LogP contribution in [-0.4, -0.2) is 18.3 Å². The number of fused-ring (bicyclic) bond motifs is 6. The van der Waals surface area contributed by atoms with Crippen LogP contribution in [0.5, 0.6) is 0 Å². The predicted octanol–water partition coefficient (Wildman–Crippen LogP) is 7.73. The Morgan fingerprint density at radius 1 is 0.829 bits per heavy atom. The van der Waals surface area contributed by atoms with E-state index in [1.807, 2.05) is 11.3 Å². The summed E-state index contributed by atoms with van der Waals surface area (Å²) < 4.78 is 21.7. The highest BCUT2D eigenvalue weighted by atomic mass is 32.1. The fourth-order valence-corrected chi connectivity index (χ4v) is 6.55. The number of hydrogen-bond acceptors (Lipinski definition) is 4. The fraction of sp³-hybridized carbons (Fsp3) is 0.267. The molecule has 0 unspecified atom stereocenters. The van der Waals surface area contributed by atoms with Gasteiger partial charge in [0, 0.05) is 43.3 Å². The van der Waals surface area contributed by atoms with Gasteiger partial charge in [0.05, 0.1) is 11.2 Å². The second-order valence-electron chi connectivity index (χ2n) is 10.7. The summed E-state index contributed by atoms with van der Waals surface area (Å²) in [5, 5.41) is 3.71. The van der Waals surface area contributed by atoms with Crippen LogP contribution in [0.1, 0.15) is 45.4 Å². The lowest BCUT2D eigenvalue weighted by Crippen LogP contribution is -2.41. The maximum absolute atomic E-state index is 6.44. The van der Waals surface area contributed by atoms with E-state index in [0.29, 0.717) is 0 Å². The van der Waals surface area contributed by atoms with Gasteiger partial charge in [-0.1, -0.05) is 60.7 Å². The van der Waals surface area contributed by atoms with Crippen molar-refractivity contribution < 1.29 is 13.7 Å². The van der Waals surface area contributed by atoms with Gasteiger partial charge in [-0.05, 0) is 51.0 Å². The van der Waals surface area contributed by atoms with Crippen LogP contribution in [-0.2, 0) is 15.7 Å². The molecule has 174 valence electrons. The Hall–Kier alpha value is -2.86. The lowest BCUT2D eigenvalue weighted by atomic mass is 9.78. The monoisotopic (exact) mass is 478 g/mol. The zero-order chi connectivity index (χ0) is 23.9. The highest BCUT2D eigenvalue weighted by Crippen LogP contribution is 2.44. The number of rotatable bonds is 2. The van der Waals surface area contributed by atoms with Gasteiger partial charge in [0.2, 0.25) is 0 Å². The quantitative estimate of drug-likeness (QED) is 0.243. The van der Waals surface area contributed by atoms with E-state index in [2.05, 4.69) is 94.4 Å². The van der Waals surface area contributed by atoms with Crippen molar-refractivity contribution in [2.45, 2.75) is 51.7 Å². The number of hydrogen-bond donors (Lipinski definition) is 0. The first-order chi connectivity index (χ1) is 16.8. The molecule has 1 fully saturated rings. The van der Waals surface area contributed by atoms with Gasteiger partial charge in [-0.3, -0.25) is 0 Å². The van der Waals surface area contributed by atoms with Crippen molar-refractivity contribution >= 4 is 61.1 Å². The molecule has 0 atom stereocenters. The number of allylic oxidation sites excluding steroid dienone is 1. The van der Waals surface area contributed by atoms with E-state index in [4.69, 9.17) is 13.7 Å². The molecule has 0 N–H and O–H groups in total. The number of benzene rings is 3. The summed E-state index contributed by atoms with van der Waals surface area (Å²) in [5.41, 5.74) is 4.97. The molecule has 0 amide bonds. The van der Waals surface area contributed by atoms with Gasteiger partial charge in [-0.25, -0.2) is 0 Å². The number of para-hydroxylation sites is 1. The number of thiophene rings is 1. The largest absolute Gasteiger partial charge is 0.494 e.